The molecule has 7 nitrogen and oxygen atoms in total. The van der Waals surface area contributed by atoms with Crippen LogP contribution in [0.15, 0.2) is 0 Å². The number of carbonyl (C=O) groups is 3. The fourth-order valence-electron chi connectivity index (χ4n) is 5.48. The molecule has 0 spiro atoms. The van der Waals surface area contributed by atoms with E-state index in [9.17, 15) is 14.4 Å². The molecule has 0 aliphatic carbocycles. The summed E-state index contributed by atoms with van der Waals surface area (Å²) in [6, 6.07) is -0.392. The van der Waals surface area contributed by atoms with Crippen molar-refractivity contribution in [3.8, 4) is 0 Å². The molecule has 0 aromatic rings. The van der Waals surface area contributed by atoms with Gasteiger partial charge in [-0.3, -0.25) is 14.4 Å². The Balaban J connectivity index is 2.07. The Kier molecular flexibility index (Phi) is 10.4. The van der Waals surface area contributed by atoms with Gasteiger partial charge in [-0.15, -0.1) is 0 Å². The van der Waals surface area contributed by atoms with Gasteiger partial charge in [0.05, 0.1) is 6.04 Å². The zero-order chi connectivity index (χ0) is 25.6. The van der Waals surface area contributed by atoms with Gasteiger partial charge in [-0.2, -0.15) is 0 Å². The fourth-order valence-corrected chi connectivity index (χ4v) is 5.48. The number of piperidine rings is 1. The second kappa shape index (κ2) is 12.4. The Hall–Kier alpha value is -1.63. The zero-order valence-corrected chi connectivity index (χ0v) is 23.0. The number of carbonyl (C=O) groups excluding carboxylic acids is 3. The summed E-state index contributed by atoms with van der Waals surface area (Å²) in [5.74, 6) is 1.10. The van der Waals surface area contributed by atoms with Crippen molar-refractivity contribution in [3.63, 3.8) is 0 Å². The van der Waals surface area contributed by atoms with Crippen molar-refractivity contribution in [2.75, 3.05) is 32.7 Å². The second-order valence-electron chi connectivity index (χ2n) is 11.9. The second-order valence-corrected chi connectivity index (χ2v) is 11.9. The molecular formula is C27H50N4O3. The maximum Gasteiger partial charge on any atom is 0.245 e. The average Bonchev–Trinajstić information content (AvgIpc) is 2.73. The Labute approximate surface area is 208 Å². The summed E-state index contributed by atoms with van der Waals surface area (Å²) in [5, 5.41) is 3.36. The van der Waals surface area contributed by atoms with Crippen LogP contribution in [0.4, 0.5) is 0 Å². The number of likely N-dealkylation sites (tertiary alicyclic amines) is 1. The molecule has 2 atom stereocenters. The van der Waals surface area contributed by atoms with Gasteiger partial charge in [0.15, 0.2) is 0 Å². The van der Waals surface area contributed by atoms with Gasteiger partial charge in [-0.05, 0) is 63.7 Å². The van der Waals surface area contributed by atoms with Crippen LogP contribution in [0.2, 0.25) is 0 Å². The molecule has 0 radical (unpaired) electrons. The van der Waals surface area contributed by atoms with Crippen LogP contribution in [0, 0.1) is 17.3 Å². The topological polar surface area (TPSA) is 73.0 Å². The van der Waals surface area contributed by atoms with E-state index in [1.807, 2.05) is 21.6 Å². The van der Waals surface area contributed by atoms with Crippen LogP contribution in [0.5, 0.6) is 0 Å². The molecule has 2 rings (SSSR count). The molecule has 2 saturated heterocycles. The lowest BCUT2D eigenvalue weighted by atomic mass is 9.77. The molecule has 1 unspecified atom stereocenters. The molecule has 2 aliphatic rings. The van der Waals surface area contributed by atoms with Gasteiger partial charge in [0, 0.05) is 45.2 Å². The van der Waals surface area contributed by atoms with Crippen LogP contribution in [-0.4, -0.2) is 83.3 Å². The van der Waals surface area contributed by atoms with Crippen molar-refractivity contribution in [3.05, 3.63) is 0 Å². The maximum atomic E-state index is 13.7. The van der Waals surface area contributed by atoms with Crippen LogP contribution in [0.25, 0.3) is 0 Å². The van der Waals surface area contributed by atoms with E-state index in [0.717, 1.165) is 32.4 Å². The van der Waals surface area contributed by atoms with E-state index in [2.05, 4.69) is 53.8 Å². The molecule has 2 heterocycles. The number of nitrogens with zero attached hydrogens (tertiary/aromatic N) is 3. The van der Waals surface area contributed by atoms with Gasteiger partial charge < -0.3 is 20.0 Å². The minimum Gasteiger partial charge on any atom is -0.341 e. The molecular weight excluding hydrogens is 428 g/mol. The summed E-state index contributed by atoms with van der Waals surface area (Å²) in [6.45, 7) is 20.2. The third-order valence-corrected chi connectivity index (χ3v) is 7.53. The van der Waals surface area contributed by atoms with Gasteiger partial charge >= 0.3 is 0 Å². The predicted molar refractivity (Wildman–Crippen MR) is 137 cm³/mol. The normalized spacial score (nSPS) is 22.0. The number of rotatable bonds is 10. The highest BCUT2D eigenvalue weighted by atomic mass is 16.2. The SMILES string of the molecule is CCN(C(=O)CC1(C)CCN(C(=O)C(CC(C)C)N2CCN[C@@H](CC(C)C)C2=O)CC1)C(C)C. The van der Waals surface area contributed by atoms with Gasteiger partial charge in [-0.25, -0.2) is 0 Å². The number of hydrogen-bond acceptors (Lipinski definition) is 4. The molecule has 0 bridgehead atoms. The Morgan fingerprint density at radius 3 is 2.18 bits per heavy atom. The highest BCUT2D eigenvalue weighted by Crippen LogP contribution is 2.36. The number of hydrogen-bond donors (Lipinski definition) is 1. The largest absolute Gasteiger partial charge is 0.341 e. The molecule has 1 N–H and O–H groups in total. The van der Waals surface area contributed by atoms with E-state index in [0.29, 0.717) is 44.3 Å². The quantitative estimate of drug-likeness (QED) is 0.521. The van der Waals surface area contributed by atoms with Crippen molar-refractivity contribution < 1.29 is 14.4 Å². The van der Waals surface area contributed by atoms with E-state index in [4.69, 9.17) is 0 Å². The molecule has 34 heavy (non-hydrogen) atoms. The first-order valence-electron chi connectivity index (χ1n) is 13.5. The summed E-state index contributed by atoms with van der Waals surface area (Å²) in [6.07, 6.45) is 3.65. The molecule has 7 heteroatoms. The fraction of sp³-hybridized carbons (Fsp3) is 0.889. The lowest BCUT2D eigenvalue weighted by molar-refractivity contribution is -0.151. The number of amides is 3. The third-order valence-electron chi connectivity index (χ3n) is 7.53. The Morgan fingerprint density at radius 1 is 1.06 bits per heavy atom. The standard InChI is InChI=1S/C27H50N4O3/c1-9-30(21(6)7)24(32)18-27(8)10-13-29(14-11-27)26(34)23(17-20(4)5)31-15-12-28-22(25(31)33)16-19(2)3/h19-23,28H,9-18H2,1-8H3/t22-,23?/m0/s1. The molecule has 0 aromatic heterocycles. The molecule has 2 fully saturated rings. The first-order valence-corrected chi connectivity index (χ1v) is 13.5. The van der Waals surface area contributed by atoms with E-state index in [1.165, 1.54) is 0 Å². The molecule has 196 valence electrons. The molecule has 3 amide bonds. The molecule has 2 aliphatic heterocycles. The van der Waals surface area contributed by atoms with Crippen molar-refractivity contribution in [1.82, 2.24) is 20.0 Å². The van der Waals surface area contributed by atoms with E-state index in [1.54, 1.807) is 0 Å². The van der Waals surface area contributed by atoms with Crippen LogP contribution in [0.1, 0.15) is 87.5 Å². The predicted octanol–water partition coefficient (Wildman–Crippen LogP) is 3.52. The Morgan fingerprint density at radius 2 is 1.68 bits per heavy atom. The minimum atomic E-state index is -0.397. The third kappa shape index (κ3) is 7.43. The van der Waals surface area contributed by atoms with E-state index in [-0.39, 0.29) is 35.2 Å². The lowest BCUT2D eigenvalue weighted by Crippen LogP contribution is -2.62. The zero-order valence-electron chi connectivity index (χ0n) is 23.0. The minimum absolute atomic E-state index is 0.0692. The first-order chi connectivity index (χ1) is 15.9. The summed E-state index contributed by atoms with van der Waals surface area (Å²) in [4.78, 5) is 45.6. The monoisotopic (exact) mass is 478 g/mol. The van der Waals surface area contributed by atoms with Crippen LogP contribution in [0.3, 0.4) is 0 Å². The summed E-state index contributed by atoms with van der Waals surface area (Å²) >= 11 is 0. The highest BCUT2D eigenvalue weighted by molar-refractivity contribution is 5.90. The smallest absolute Gasteiger partial charge is 0.245 e. The average molecular weight is 479 g/mol. The van der Waals surface area contributed by atoms with Gasteiger partial charge in [0.2, 0.25) is 17.7 Å². The summed E-state index contributed by atoms with van der Waals surface area (Å²) < 4.78 is 0. The van der Waals surface area contributed by atoms with Crippen molar-refractivity contribution in [2.24, 2.45) is 17.3 Å². The van der Waals surface area contributed by atoms with Crippen molar-refractivity contribution in [1.29, 1.82) is 0 Å². The first kappa shape index (κ1) is 28.6. The van der Waals surface area contributed by atoms with Crippen molar-refractivity contribution in [2.45, 2.75) is 106 Å². The number of piperazine rings is 1. The van der Waals surface area contributed by atoms with E-state index < -0.39 is 6.04 Å². The van der Waals surface area contributed by atoms with Gasteiger partial charge in [0.25, 0.3) is 0 Å². The highest BCUT2D eigenvalue weighted by Gasteiger charge is 2.41. The van der Waals surface area contributed by atoms with Gasteiger partial charge in [0.1, 0.15) is 6.04 Å². The van der Waals surface area contributed by atoms with Crippen LogP contribution in [-0.2, 0) is 14.4 Å². The summed E-state index contributed by atoms with van der Waals surface area (Å²) in [7, 11) is 0. The van der Waals surface area contributed by atoms with Crippen LogP contribution < -0.4 is 5.32 Å². The summed E-state index contributed by atoms with van der Waals surface area (Å²) in [5.41, 5.74) is -0.0864. The lowest BCUT2D eigenvalue weighted by Gasteiger charge is -2.44. The number of nitrogens with one attached hydrogen (secondary N) is 1. The van der Waals surface area contributed by atoms with Crippen LogP contribution >= 0.6 is 0 Å². The van der Waals surface area contributed by atoms with Gasteiger partial charge in [-0.1, -0.05) is 34.6 Å². The Bertz CT molecular complexity index is 698. The van der Waals surface area contributed by atoms with Crippen molar-refractivity contribution >= 4 is 17.7 Å². The maximum absolute atomic E-state index is 13.7. The molecule has 0 saturated carbocycles. The van der Waals surface area contributed by atoms with E-state index >= 15 is 0 Å². The molecule has 0 aromatic carbocycles.